The number of rotatable bonds is 2. The lowest BCUT2D eigenvalue weighted by molar-refractivity contribution is -0.135. The third-order valence-electron chi connectivity index (χ3n) is 2.25. The highest BCUT2D eigenvalue weighted by atomic mass is 32.2. The van der Waals surface area contributed by atoms with Crippen LogP contribution in [-0.4, -0.2) is 21.9 Å². The lowest BCUT2D eigenvalue weighted by Gasteiger charge is -2.11. The van der Waals surface area contributed by atoms with E-state index in [1.54, 1.807) is 19.1 Å². The minimum absolute atomic E-state index is 0.164. The summed E-state index contributed by atoms with van der Waals surface area (Å²) in [5.41, 5.74) is 0.730. The van der Waals surface area contributed by atoms with E-state index in [2.05, 4.69) is 4.99 Å². The van der Waals surface area contributed by atoms with Gasteiger partial charge in [0, 0.05) is 12.5 Å². The monoisotopic (exact) mass is 249 g/mol. The van der Waals surface area contributed by atoms with Gasteiger partial charge in [0.05, 0.1) is 0 Å². The molecule has 1 unspecified atom stereocenters. The number of ether oxygens (including phenoxy) is 1. The molecule has 2 rings (SSSR count). The minimum Gasteiger partial charge on any atom is -0.405 e. The lowest BCUT2D eigenvalue weighted by atomic mass is 10.2. The molecule has 1 heterocycles. The summed E-state index contributed by atoms with van der Waals surface area (Å²) in [6, 6.07) is 9.13. The molecule has 17 heavy (non-hydrogen) atoms. The van der Waals surface area contributed by atoms with E-state index < -0.39 is 10.8 Å². The molecule has 0 bridgehead atoms. The molecule has 0 fully saturated rings. The van der Waals surface area contributed by atoms with Crippen LogP contribution in [0, 0.1) is 0 Å². The van der Waals surface area contributed by atoms with E-state index in [1.807, 2.05) is 18.2 Å². The van der Waals surface area contributed by atoms with Crippen molar-refractivity contribution in [3.63, 3.8) is 0 Å². The summed E-state index contributed by atoms with van der Waals surface area (Å²) < 4.78 is 5.10. The van der Waals surface area contributed by atoms with E-state index in [-0.39, 0.29) is 11.0 Å². The van der Waals surface area contributed by atoms with Crippen LogP contribution in [0.3, 0.4) is 0 Å². The Kier molecular flexibility index (Phi) is 3.02. The molecule has 0 saturated heterocycles. The van der Waals surface area contributed by atoms with E-state index in [4.69, 9.17) is 4.74 Å². The number of cyclic esters (lactones) is 1. The molecule has 1 aromatic carbocycles. The zero-order chi connectivity index (χ0) is 12.5. The number of thioether (sulfide) groups is 1. The van der Waals surface area contributed by atoms with Crippen LogP contribution in [0.1, 0.15) is 19.4 Å². The van der Waals surface area contributed by atoms with Crippen LogP contribution in [-0.2, 0) is 14.3 Å². The highest BCUT2D eigenvalue weighted by Gasteiger charge is 2.43. The van der Waals surface area contributed by atoms with Crippen molar-refractivity contribution in [3.05, 3.63) is 35.9 Å². The number of nitrogens with zero attached hydrogens (tertiary/aromatic N) is 1. The van der Waals surface area contributed by atoms with Crippen LogP contribution in [0.5, 0.6) is 0 Å². The zero-order valence-corrected chi connectivity index (χ0v) is 10.3. The summed E-state index contributed by atoms with van der Waals surface area (Å²) in [7, 11) is 0. The topological polar surface area (TPSA) is 55.7 Å². The Bertz CT molecular complexity index is 498. The number of esters is 1. The van der Waals surface area contributed by atoms with Gasteiger partial charge in [0.25, 0.3) is 0 Å². The Hall–Kier alpha value is -1.62. The second-order valence-corrected chi connectivity index (χ2v) is 5.32. The predicted octanol–water partition coefficient (Wildman–Crippen LogP) is 1.99. The Morgan fingerprint density at radius 1 is 1.35 bits per heavy atom. The van der Waals surface area contributed by atoms with Gasteiger partial charge in [-0.05, 0) is 30.8 Å². The van der Waals surface area contributed by atoms with Gasteiger partial charge < -0.3 is 4.74 Å². The van der Waals surface area contributed by atoms with Crippen molar-refractivity contribution in [1.82, 2.24) is 0 Å². The standard InChI is InChI=1S/C12H11NO3S/c1-8(14)17-12(2)11(15)16-10(13-12)9-6-4-3-5-7-9/h3-7H,1-2H3. The average Bonchev–Trinajstić information content (AvgIpc) is 2.55. The van der Waals surface area contributed by atoms with Crippen LogP contribution in [0.4, 0.5) is 0 Å². The van der Waals surface area contributed by atoms with Gasteiger partial charge in [-0.25, -0.2) is 9.79 Å². The van der Waals surface area contributed by atoms with Crippen molar-refractivity contribution in [2.45, 2.75) is 18.7 Å². The molecule has 1 aliphatic heterocycles. The Labute approximate surface area is 103 Å². The number of carbonyl (C=O) groups is 2. The third kappa shape index (κ3) is 2.39. The van der Waals surface area contributed by atoms with Gasteiger partial charge in [0.2, 0.25) is 10.8 Å². The summed E-state index contributed by atoms with van der Waals surface area (Å²) in [5, 5.41) is -0.164. The maximum absolute atomic E-state index is 11.7. The van der Waals surface area contributed by atoms with Crippen molar-refractivity contribution >= 4 is 28.7 Å². The van der Waals surface area contributed by atoms with Crippen LogP contribution < -0.4 is 0 Å². The SMILES string of the molecule is CC(=O)SC1(C)N=C(c2ccccc2)OC1=O. The molecule has 5 heteroatoms. The molecule has 0 aliphatic carbocycles. The highest BCUT2D eigenvalue weighted by molar-refractivity contribution is 8.15. The Morgan fingerprint density at radius 3 is 2.59 bits per heavy atom. The first kappa shape index (κ1) is 11.9. The van der Waals surface area contributed by atoms with E-state index in [0.717, 1.165) is 17.3 Å². The fourth-order valence-electron chi connectivity index (χ4n) is 1.49. The number of aliphatic imine (C=N–C) groups is 1. The van der Waals surface area contributed by atoms with E-state index in [0.29, 0.717) is 0 Å². The summed E-state index contributed by atoms with van der Waals surface area (Å²) in [6.07, 6.45) is 0. The van der Waals surface area contributed by atoms with Gasteiger partial charge in [-0.15, -0.1) is 0 Å². The van der Waals surface area contributed by atoms with Crippen molar-refractivity contribution in [2.75, 3.05) is 0 Å². The van der Waals surface area contributed by atoms with E-state index in [9.17, 15) is 9.59 Å². The molecule has 0 amide bonds. The van der Waals surface area contributed by atoms with Crippen molar-refractivity contribution < 1.29 is 14.3 Å². The summed E-state index contributed by atoms with van der Waals surface area (Å²) >= 11 is 0.870. The van der Waals surface area contributed by atoms with E-state index in [1.165, 1.54) is 6.92 Å². The molecule has 1 aliphatic rings. The summed E-state index contributed by atoms with van der Waals surface area (Å²) in [6.45, 7) is 2.98. The Balaban J connectivity index is 2.31. The maximum Gasteiger partial charge on any atom is 0.351 e. The van der Waals surface area contributed by atoms with Crippen molar-refractivity contribution in [2.24, 2.45) is 4.99 Å². The molecule has 0 radical (unpaired) electrons. The number of carbonyl (C=O) groups excluding carboxylic acids is 2. The molecule has 0 N–H and O–H groups in total. The number of hydrogen-bond donors (Lipinski definition) is 0. The van der Waals surface area contributed by atoms with Crippen LogP contribution in [0.2, 0.25) is 0 Å². The Morgan fingerprint density at radius 2 is 2.00 bits per heavy atom. The van der Waals surface area contributed by atoms with Crippen molar-refractivity contribution in [3.8, 4) is 0 Å². The molecule has 0 saturated carbocycles. The molecule has 88 valence electrons. The molecule has 0 spiro atoms. The fraction of sp³-hybridized carbons (Fsp3) is 0.250. The smallest absolute Gasteiger partial charge is 0.351 e. The number of hydrogen-bond acceptors (Lipinski definition) is 5. The van der Waals surface area contributed by atoms with Gasteiger partial charge in [-0.2, -0.15) is 0 Å². The lowest BCUT2D eigenvalue weighted by Crippen LogP contribution is -2.27. The number of benzene rings is 1. The molecular weight excluding hydrogens is 238 g/mol. The predicted molar refractivity (Wildman–Crippen MR) is 65.7 cm³/mol. The maximum atomic E-state index is 11.7. The largest absolute Gasteiger partial charge is 0.405 e. The van der Waals surface area contributed by atoms with Gasteiger partial charge >= 0.3 is 5.97 Å². The van der Waals surface area contributed by atoms with E-state index >= 15 is 0 Å². The second-order valence-electron chi connectivity index (χ2n) is 3.75. The van der Waals surface area contributed by atoms with Gasteiger partial charge in [0.1, 0.15) is 0 Å². The van der Waals surface area contributed by atoms with Crippen LogP contribution in [0.15, 0.2) is 35.3 Å². The quantitative estimate of drug-likeness (QED) is 0.752. The normalized spacial score (nSPS) is 23.2. The third-order valence-corrected chi connectivity index (χ3v) is 3.19. The molecule has 0 aromatic heterocycles. The van der Waals surface area contributed by atoms with Crippen LogP contribution >= 0.6 is 11.8 Å². The average molecular weight is 249 g/mol. The van der Waals surface area contributed by atoms with Crippen molar-refractivity contribution in [1.29, 1.82) is 0 Å². The fourth-order valence-corrected chi connectivity index (χ4v) is 2.31. The zero-order valence-electron chi connectivity index (χ0n) is 9.47. The molecule has 1 aromatic rings. The molecular formula is C12H11NO3S. The second kappa shape index (κ2) is 4.33. The summed E-state index contributed by atoms with van der Waals surface area (Å²) in [5.74, 6) is -0.233. The first-order chi connectivity index (χ1) is 8.01. The first-order valence-corrected chi connectivity index (χ1v) is 5.90. The van der Waals surface area contributed by atoms with Gasteiger partial charge in [-0.1, -0.05) is 18.2 Å². The van der Waals surface area contributed by atoms with Crippen LogP contribution in [0.25, 0.3) is 0 Å². The summed E-state index contributed by atoms with van der Waals surface area (Å²) in [4.78, 5) is 25.8. The van der Waals surface area contributed by atoms with Gasteiger partial charge in [-0.3, -0.25) is 4.79 Å². The highest BCUT2D eigenvalue weighted by Crippen LogP contribution is 2.34. The molecule has 1 atom stereocenters. The molecule has 4 nitrogen and oxygen atoms in total. The minimum atomic E-state index is -1.16. The first-order valence-electron chi connectivity index (χ1n) is 5.08. The van der Waals surface area contributed by atoms with Gasteiger partial charge in [0.15, 0.2) is 5.12 Å².